The first-order chi connectivity index (χ1) is 7.29. The predicted molar refractivity (Wildman–Crippen MR) is 68.7 cm³/mol. The molecule has 0 fully saturated rings. The standard InChI is InChI=1S/C11H24N2O2S/c1-5-7-11(3,12)10(14)13-9(2)6-8-16(4)15/h9H,5-8,12H2,1-4H3,(H,13,14). The van der Waals surface area contributed by atoms with Crippen LogP contribution in [-0.4, -0.2) is 33.7 Å². The Hall–Kier alpha value is -0.420. The zero-order valence-corrected chi connectivity index (χ0v) is 11.5. The third-order valence-corrected chi connectivity index (χ3v) is 3.31. The van der Waals surface area contributed by atoms with Crippen LogP contribution in [0.1, 0.15) is 40.0 Å². The van der Waals surface area contributed by atoms with E-state index in [1.807, 2.05) is 13.8 Å². The van der Waals surface area contributed by atoms with Crippen molar-refractivity contribution in [2.75, 3.05) is 12.0 Å². The maximum atomic E-state index is 11.8. The summed E-state index contributed by atoms with van der Waals surface area (Å²) in [6.07, 6.45) is 3.94. The number of hydrogen-bond acceptors (Lipinski definition) is 3. The Morgan fingerprint density at radius 2 is 2.12 bits per heavy atom. The summed E-state index contributed by atoms with van der Waals surface area (Å²) in [4.78, 5) is 11.8. The fourth-order valence-corrected chi connectivity index (χ4v) is 2.12. The summed E-state index contributed by atoms with van der Waals surface area (Å²) in [7, 11) is -0.808. The van der Waals surface area contributed by atoms with Gasteiger partial charge in [-0.25, -0.2) is 0 Å². The fourth-order valence-electron chi connectivity index (χ4n) is 1.44. The highest BCUT2D eigenvalue weighted by Gasteiger charge is 2.27. The molecule has 16 heavy (non-hydrogen) atoms. The van der Waals surface area contributed by atoms with Crippen molar-refractivity contribution >= 4 is 16.7 Å². The van der Waals surface area contributed by atoms with Gasteiger partial charge in [-0.15, -0.1) is 0 Å². The molecule has 0 heterocycles. The Morgan fingerprint density at radius 3 is 2.56 bits per heavy atom. The van der Waals surface area contributed by atoms with Gasteiger partial charge in [0.25, 0.3) is 0 Å². The number of carbonyl (C=O) groups is 1. The number of carbonyl (C=O) groups excluding carboxylic acids is 1. The lowest BCUT2D eigenvalue weighted by atomic mass is 9.96. The lowest BCUT2D eigenvalue weighted by Crippen LogP contribution is -2.53. The highest BCUT2D eigenvalue weighted by Crippen LogP contribution is 2.09. The molecule has 3 atom stereocenters. The highest BCUT2D eigenvalue weighted by molar-refractivity contribution is 7.84. The molecule has 5 heteroatoms. The van der Waals surface area contributed by atoms with Gasteiger partial charge in [-0.3, -0.25) is 9.00 Å². The van der Waals surface area contributed by atoms with Crippen molar-refractivity contribution in [1.29, 1.82) is 0 Å². The molecule has 0 saturated heterocycles. The van der Waals surface area contributed by atoms with Crippen LogP contribution in [0.4, 0.5) is 0 Å². The molecule has 0 aromatic carbocycles. The summed E-state index contributed by atoms with van der Waals surface area (Å²) >= 11 is 0. The lowest BCUT2D eigenvalue weighted by molar-refractivity contribution is -0.126. The maximum absolute atomic E-state index is 11.8. The number of amides is 1. The van der Waals surface area contributed by atoms with Crippen LogP contribution in [0.15, 0.2) is 0 Å². The lowest BCUT2D eigenvalue weighted by Gasteiger charge is -2.25. The molecular weight excluding hydrogens is 224 g/mol. The first-order valence-electron chi connectivity index (χ1n) is 5.69. The smallest absolute Gasteiger partial charge is 0.240 e. The summed E-state index contributed by atoms with van der Waals surface area (Å²) in [5, 5.41) is 2.86. The topological polar surface area (TPSA) is 72.2 Å². The van der Waals surface area contributed by atoms with E-state index in [4.69, 9.17) is 5.73 Å². The molecular formula is C11H24N2O2S. The van der Waals surface area contributed by atoms with Crippen molar-refractivity contribution in [3.8, 4) is 0 Å². The van der Waals surface area contributed by atoms with Crippen molar-refractivity contribution in [2.45, 2.75) is 51.6 Å². The SMILES string of the molecule is CCCC(C)(N)C(=O)NC(C)CCS(C)=O. The average molecular weight is 248 g/mol. The van der Waals surface area contributed by atoms with Gasteiger partial charge in [-0.05, 0) is 26.7 Å². The summed E-state index contributed by atoms with van der Waals surface area (Å²) < 4.78 is 10.9. The van der Waals surface area contributed by atoms with Crippen molar-refractivity contribution < 1.29 is 9.00 Å². The van der Waals surface area contributed by atoms with Gasteiger partial charge in [0.1, 0.15) is 0 Å². The Kier molecular flexibility index (Phi) is 6.83. The number of nitrogens with two attached hydrogens (primary N) is 1. The van der Waals surface area contributed by atoms with Crippen LogP contribution in [0, 0.1) is 0 Å². The minimum absolute atomic E-state index is 0.0242. The highest BCUT2D eigenvalue weighted by atomic mass is 32.2. The Labute approximate surface area is 101 Å². The van der Waals surface area contributed by atoms with Crippen LogP contribution >= 0.6 is 0 Å². The molecule has 0 spiro atoms. The molecule has 0 bridgehead atoms. The van der Waals surface area contributed by atoms with E-state index < -0.39 is 16.3 Å². The summed E-state index contributed by atoms with van der Waals surface area (Å²) in [5.41, 5.74) is 5.11. The van der Waals surface area contributed by atoms with Gasteiger partial charge in [-0.1, -0.05) is 13.3 Å². The Morgan fingerprint density at radius 1 is 1.56 bits per heavy atom. The summed E-state index contributed by atoms with van der Waals surface area (Å²) in [5.74, 6) is 0.486. The fraction of sp³-hybridized carbons (Fsp3) is 0.909. The van der Waals surface area contributed by atoms with Gasteiger partial charge in [-0.2, -0.15) is 0 Å². The molecule has 0 aliphatic heterocycles. The number of hydrogen-bond donors (Lipinski definition) is 2. The van der Waals surface area contributed by atoms with Gasteiger partial charge in [0, 0.05) is 28.9 Å². The predicted octanol–water partition coefficient (Wildman–Crippen LogP) is 0.777. The monoisotopic (exact) mass is 248 g/mol. The second-order valence-corrected chi connectivity index (χ2v) is 6.16. The van der Waals surface area contributed by atoms with Crippen molar-refractivity contribution in [3.05, 3.63) is 0 Å². The molecule has 96 valence electrons. The molecule has 0 saturated carbocycles. The molecule has 4 nitrogen and oxygen atoms in total. The normalized spacial score (nSPS) is 18.6. The average Bonchev–Trinajstić information content (AvgIpc) is 2.14. The van der Waals surface area contributed by atoms with Crippen molar-refractivity contribution in [2.24, 2.45) is 5.73 Å². The van der Waals surface area contributed by atoms with Crippen molar-refractivity contribution in [3.63, 3.8) is 0 Å². The molecule has 0 radical (unpaired) electrons. The molecule has 0 aromatic rings. The minimum atomic E-state index is -0.808. The van der Waals surface area contributed by atoms with Crippen LogP contribution in [0.2, 0.25) is 0 Å². The van der Waals surface area contributed by atoms with Gasteiger partial charge < -0.3 is 11.1 Å². The number of nitrogens with one attached hydrogen (secondary N) is 1. The van der Waals surface area contributed by atoms with E-state index in [2.05, 4.69) is 5.32 Å². The Bertz CT molecular complexity index is 254. The second-order valence-electron chi connectivity index (χ2n) is 4.61. The summed E-state index contributed by atoms with van der Waals surface area (Å²) in [6, 6.07) is 0.0242. The second kappa shape index (κ2) is 7.01. The third-order valence-electron chi connectivity index (χ3n) is 2.50. The van der Waals surface area contributed by atoms with Crippen LogP contribution in [-0.2, 0) is 15.6 Å². The van der Waals surface area contributed by atoms with Crippen LogP contribution in [0.3, 0.4) is 0 Å². The first kappa shape index (κ1) is 15.6. The van der Waals surface area contributed by atoms with E-state index in [9.17, 15) is 9.00 Å². The van der Waals surface area contributed by atoms with E-state index in [1.165, 1.54) is 0 Å². The zero-order chi connectivity index (χ0) is 12.8. The largest absolute Gasteiger partial charge is 0.352 e. The first-order valence-corrected chi connectivity index (χ1v) is 7.42. The molecule has 1 amide bonds. The quantitative estimate of drug-likeness (QED) is 0.699. The molecule has 3 N–H and O–H groups in total. The van der Waals surface area contributed by atoms with Gasteiger partial charge in [0.2, 0.25) is 5.91 Å². The van der Waals surface area contributed by atoms with Crippen LogP contribution < -0.4 is 11.1 Å². The molecule has 0 aliphatic rings. The molecule has 0 aromatic heterocycles. The molecule has 0 rings (SSSR count). The van der Waals surface area contributed by atoms with Gasteiger partial charge in [0.15, 0.2) is 0 Å². The van der Waals surface area contributed by atoms with E-state index >= 15 is 0 Å². The summed E-state index contributed by atoms with van der Waals surface area (Å²) in [6.45, 7) is 5.66. The van der Waals surface area contributed by atoms with E-state index in [1.54, 1.807) is 13.2 Å². The van der Waals surface area contributed by atoms with E-state index in [-0.39, 0.29) is 11.9 Å². The van der Waals surface area contributed by atoms with Crippen molar-refractivity contribution in [1.82, 2.24) is 5.32 Å². The Balaban J connectivity index is 4.07. The maximum Gasteiger partial charge on any atom is 0.240 e. The minimum Gasteiger partial charge on any atom is -0.352 e. The van der Waals surface area contributed by atoms with E-state index in [0.29, 0.717) is 12.2 Å². The molecule has 0 aliphatic carbocycles. The third kappa shape index (κ3) is 6.23. The van der Waals surface area contributed by atoms with Crippen LogP contribution in [0.5, 0.6) is 0 Å². The van der Waals surface area contributed by atoms with E-state index in [0.717, 1.165) is 12.8 Å². The van der Waals surface area contributed by atoms with Crippen LogP contribution in [0.25, 0.3) is 0 Å². The zero-order valence-electron chi connectivity index (χ0n) is 10.7. The molecule has 3 unspecified atom stereocenters. The van der Waals surface area contributed by atoms with Gasteiger partial charge in [0.05, 0.1) is 5.54 Å². The number of rotatable bonds is 7. The van der Waals surface area contributed by atoms with Gasteiger partial charge >= 0.3 is 0 Å².